The summed E-state index contributed by atoms with van der Waals surface area (Å²) in [5.41, 5.74) is 0. The summed E-state index contributed by atoms with van der Waals surface area (Å²) in [6, 6.07) is 0. The van der Waals surface area contributed by atoms with Crippen LogP contribution in [0.4, 0.5) is 0 Å². The third kappa shape index (κ3) is 2.47. The van der Waals surface area contributed by atoms with Crippen molar-refractivity contribution in [2.45, 2.75) is 20.0 Å². The molecule has 3 nitrogen and oxygen atoms in total. The molecule has 1 N–H and O–H groups in total. The average Bonchev–Trinajstić information content (AvgIpc) is 2.47. The number of morpholine rings is 1. The Morgan fingerprint density at radius 3 is 2.57 bits per heavy atom. The van der Waals surface area contributed by atoms with Gasteiger partial charge in [-0.3, -0.25) is 0 Å². The Morgan fingerprint density at radius 1 is 1.29 bits per heavy atom. The van der Waals surface area contributed by atoms with E-state index in [9.17, 15) is 0 Å². The van der Waals surface area contributed by atoms with E-state index in [1.54, 1.807) is 0 Å². The molecule has 2 aliphatic heterocycles. The summed E-state index contributed by atoms with van der Waals surface area (Å²) < 4.78 is 5.71. The zero-order valence-corrected chi connectivity index (χ0v) is 9.33. The van der Waals surface area contributed by atoms with Gasteiger partial charge in [0.25, 0.3) is 0 Å². The van der Waals surface area contributed by atoms with E-state index in [2.05, 4.69) is 24.1 Å². The molecular weight excluding hydrogens is 176 g/mol. The van der Waals surface area contributed by atoms with E-state index < -0.39 is 0 Å². The van der Waals surface area contributed by atoms with Crippen LogP contribution in [0.2, 0.25) is 0 Å². The normalized spacial score (nSPS) is 40.3. The monoisotopic (exact) mass is 198 g/mol. The van der Waals surface area contributed by atoms with Crippen LogP contribution in [-0.4, -0.2) is 50.3 Å². The maximum atomic E-state index is 5.71. The van der Waals surface area contributed by atoms with Gasteiger partial charge in [-0.2, -0.15) is 0 Å². The Bertz CT molecular complexity index is 170. The minimum atomic E-state index is 0.418. The maximum Gasteiger partial charge on any atom is 0.0826 e. The van der Waals surface area contributed by atoms with Gasteiger partial charge in [0.1, 0.15) is 0 Å². The van der Waals surface area contributed by atoms with Crippen molar-refractivity contribution < 1.29 is 4.74 Å². The fourth-order valence-corrected chi connectivity index (χ4v) is 2.42. The van der Waals surface area contributed by atoms with Crippen LogP contribution >= 0.6 is 0 Å². The fraction of sp³-hybridized carbons (Fsp3) is 1.00. The molecule has 82 valence electrons. The van der Waals surface area contributed by atoms with Gasteiger partial charge in [-0.1, -0.05) is 13.8 Å². The van der Waals surface area contributed by atoms with Crippen molar-refractivity contribution >= 4 is 0 Å². The van der Waals surface area contributed by atoms with E-state index in [1.165, 1.54) is 13.1 Å². The maximum absolute atomic E-state index is 5.71. The number of hydrogen-bond donors (Lipinski definition) is 1. The molecule has 0 aromatic carbocycles. The summed E-state index contributed by atoms with van der Waals surface area (Å²) in [6.45, 7) is 11.2. The van der Waals surface area contributed by atoms with Gasteiger partial charge in [-0.15, -0.1) is 0 Å². The molecule has 0 aromatic heterocycles. The molecule has 2 rings (SSSR count). The van der Waals surface area contributed by atoms with E-state index in [0.717, 1.165) is 38.1 Å². The Morgan fingerprint density at radius 2 is 2.00 bits per heavy atom. The molecule has 0 spiro atoms. The van der Waals surface area contributed by atoms with Gasteiger partial charge in [0, 0.05) is 32.7 Å². The lowest BCUT2D eigenvalue weighted by Crippen LogP contribution is -2.44. The highest BCUT2D eigenvalue weighted by atomic mass is 16.5. The lowest BCUT2D eigenvalue weighted by atomic mass is 10.0. The molecule has 2 fully saturated rings. The van der Waals surface area contributed by atoms with Gasteiger partial charge in [0.2, 0.25) is 0 Å². The second-order valence-corrected chi connectivity index (χ2v) is 4.87. The van der Waals surface area contributed by atoms with Crippen molar-refractivity contribution in [1.82, 2.24) is 10.2 Å². The Hall–Kier alpha value is -0.120. The lowest BCUT2D eigenvalue weighted by Gasteiger charge is -2.27. The van der Waals surface area contributed by atoms with Crippen LogP contribution < -0.4 is 5.32 Å². The summed E-state index contributed by atoms with van der Waals surface area (Å²) in [5, 5.41) is 3.38. The smallest absolute Gasteiger partial charge is 0.0826 e. The molecule has 0 radical (unpaired) electrons. The molecule has 0 saturated carbocycles. The van der Waals surface area contributed by atoms with E-state index in [1.807, 2.05) is 0 Å². The number of nitrogens with one attached hydrogen (secondary N) is 1. The number of likely N-dealkylation sites (tertiary alicyclic amines) is 1. The minimum absolute atomic E-state index is 0.418. The molecule has 3 unspecified atom stereocenters. The quantitative estimate of drug-likeness (QED) is 0.702. The van der Waals surface area contributed by atoms with Crippen molar-refractivity contribution in [2.75, 3.05) is 39.3 Å². The van der Waals surface area contributed by atoms with Gasteiger partial charge in [-0.25, -0.2) is 0 Å². The van der Waals surface area contributed by atoms with Crippen molar-refractivity contribution in [1.29, 1.82) is 0 Å². The highest BCUT2D eigenvalue weighted by molar-refractivity contribution is 4.81. The molecule has 2 heterocycles. The molecule has 2 saturated heterocycles. The fourth-order valence-electron chi connectivity index (χ4n) is 2.42. The Kier molecular flexibility index (Phi) is 3.42. The Balaban J connectivity index is 1.74. The zero-order valence-electron chi connectivity index (χ0n) is 9.33. The molecule has 3 heteroatoms. The third-order valence-electron chi connectivity index (χ3n) is 3.53. The number of rotatable bonds is 2. The van der Waals surface area contributed by atoms with Crippen LogP contribution in [0.15, 0.2) is 0 Å². The second-order valence-electron chi connectivity index (χ2n) is 4.87. The van der Waals surface area contributed by atoms with Gasteiger partial charge >= 0.3 is 0 Å². The number of ether oxygens (including phenoxy) is 1. The van der Waals surface area contributed by atoms with Crippen molar-refractivity contribution in [2.24, 2.45) is 11.8 Å². The Labute approximate surface area is 86.8 Å². The van der Waals surface area contributed by atoms with Gasteiger partial charge < -0.3 is 15.0 Å². The van der Waals surface area contributed by atoms with Crippen LogP contribution in [0.25, 0.3) is 0 Å². The molecule has 0 amide bonds. The van der Waals surface area contributed by atoms with Crippen LogP contribution in [0, 0.1) is 11.8 Å². The molecule has 0 aliphatic carbocycles. The second kappa shape index (κ2) is 4.60. The highest BCUT2D eigenvalue weighted by Crippen LogP contribution is 2.22. The van der Waals surface area contributed by atoms with E-state index >= 15 is 0 Å². The first-order chi connectivity index (χ1) is 6.75. The van der Waals surface area contributed by atoms with Gasteiger partial charge in [0.05, 0.1) is 12.7 Å². The summed E-state index contributed by atoms with van der Waals surface area (Å²) in [6.07, 6.45) is 0.418. The minimum Gasteiger partial charge on any atom is -0.374 e. The molecule has 3 atom stereocenters. The van der Waals surface area contributed by atoms with Gasteiger partial charge in [-0.05, 0) is 11.8 Å². The van der Waals surface area contributed by atoms with E-state index in [4.69, 9.17) is 4.74 Å². The molecule has 2 aliphatic rings. The summed E-state index contributed by atoms with van der Waals surface area (Å²) in [5.74, 6) is 1.71. The first-order valence-corrected chi connectivity index (χ1v) is 5.80. The van der Waals surface area contributed by atoms with Gasteiger partial charge in [0.15, 0.2) is 0 Å². The summed E-state index contributed by atoms with van der Waals surface area (Å²) in [4.78, 5) is 2.55. The van der Waals surface area contributed by atoms with Crippen molar-refractivity contribution in [3.8, 4) is 0 Å². The lowest BCUT2D eigenvalue weighted by molar-refractivity contribution is 0.00884. The van der Waals surface area contributed by atoms with Crippen LogP contribution in [-0.2, 0) is 4.74 Å². The first kappa shape index (κ1) is 10.4. The standard InChI is InChI=1S/C11H22N2O/c1-9-6-13(7-10(9)2)8-11-5-12-3-4-14-11/h9-12H,3-8H2,1-2H3. The van der Waals surface area contributed by atoms with Crippen LogP contribution in [0.1, 0.15) is 13.8 Å². The molecule has 14 heavy (non-hydrogen) atoms. The summed E-state index contributed by atoms with van der Waals surface area (Å²) in [7, 11) is 0. The predicted molar refractivity (Wildman–Crippen MR) is 57.4 cm³/mol. The van der Waals surface area contributed by atoms with Crippen LogP contribution in [0.3, 0.4) is 0 Å². The van der Waals surface area contributed by atoms with E-state index in [-0.39, 0.29) is 0 Å². The molecule has 0 aromatic rings. The van der Waals surface area contributed by atoms with Crippen molar-refractivity contribution in [3.05, 3.63) is 0 Å². The topological polar surface area (TPSA) is 24.5 Å². The number of hydrogen-bond acceptors (Lipinski definition) is 3. The largest absolute Gasteiger partial charge is 0.374 e. The first-order valence-electron chi connectivity index (χ1n) is 5.80. The van der Waals surface area contributed by atoms with E-state index in [0.29, 0.717) is 6.10 Å². The predicted octanol–water partition coefficient (Wildman–Crippen LogP) is 0.563. The van der Waals surface area contributed by atoms with Crippen LogP contribution in [0.5, 0.6) is 0 Å². The summed E-state index contributed by atoms with van der Waals surface area (Å²) >= 11 is 0. The number of nitrogens with zero attached hydrogens (tertiary/aromatic N) is 1. The third-order valence-corrected chi connectivity index (χ3v) is 3.53. The molecular formula is C11H22N2O. The highest BCUT2D eigenvalue weighted by Gasteiger charge is 2.28. The zero-order chi connectivity index (χ0) is 9.97. The van der Waals surface area contributed by atoms with Crippen molar-refractivity contribution in [3.63, 3.8) is 0 Å². The average molecular weight is 198 g/mol. The molecule has 0 bridgehead atoms. The SMILES string of the molecule is CC1CN(CC2CNCCO2)CC1C.